The second kappa shape index (κ2) is 10.4. The molecule has 0 aromatic heterocycles. The molecule has 214 valence electrons. The molecule has 4 atom stereocenters. The predicted molar refractivity (Wildman–Crippen MR) is 148 cm³/mol. The molecule has 1 heterocycles. The Bertz CT molecular complexity index is 1310. The number of halogens is 2. The lowest BCUT2D eigenvalue weighted by molar-refractivity contribution is -0.138. The van der Waals surface area contributed by atoms with Crippen LogP contribution in [0.5, 0.6) is 5.75 Å². The van der Waals surface area contributed by atoms with Crippen LogP contribution in [0.15, 0.2) is 36.4 Å². The Balaban J connectivity index is 1.21. The van der Waals surface area contributed by atoms with Gasteiger partial charge in [-0.2, -0.15) is 0 Å². The summed E-state index contributed by atoms with van der Waals surface area (Å²) in [4.78, 5) is 24.7. The molecule has 0 unspecified atom stereocenters. The number of amides is 1. The van der Waals surface area contributed by atoms with Crippen molar-refractivity contribution in [2.24, 2.45) is 0 Å². The quantitative estimate of drug-likeness (QED) is 0.375. The lowest BCUT2D eigenvalue weighted by Gasteiger charge is -2.38. The summed E-state index contributed by atoms with van der Waals surface area (Å²) >= 11 is 0. The van der Waals surface area contributed by atoms with Crippen LogP contribution in [0.25, 0.3) is 11.1 Å². The number of rotatable bonds is 8. The average molecular weight is 553 g/mol. The first-order valence-corrected chi connectivity index (χ1v) is 14.7. The normalized spacial score (nSPS) is 28.1. The maximum absolute atomic E-state index is 15.5. The molecule has 8 heteroatoms. The van der Waals surface area contributed by atoms with Crippen LogP contribution >= 0.6 is 0 Å². The zero-order valence-corrected chi connectivity index (χ0v) is 23.0. The molecule has 6 rings (SSSR count). The van der Waals surface area contributed by atoms with E-state index in [9.17, 15) is 14.7 Å². The van der Waals surface area contributed by atoms with Gasteiger partial charge >= 0.3 is 5.97 Å². The van der Waals surface area contributed by atoms with Crippen molar-refractivity contribution in [1.29, 1.82) is 0 Å². The highest BCUT2D eigenvalue weighted by Crippen LogP contribution is 2.46. The van der Waals surface area contributed by atoms with Gasteiger partial charge in [0.15, 0.2) is 0 Å². The molecular weight excluding hydrogens is 514 g/mol. The fraction of sp³-hybridized carbons (Fsp3) is 0.562. The molecule has 2 aromatic carbocycles. The predicted octanol–water partition coefficient (Wildman–Crippen LogP) is 5.99. The van der Waals surface area contributed by atoms with Gasteiger partial charge in [-0.25, -0.2) is 8.78 Å². The van der Waals surface area contributed by atoms with Crippen LogP contribution in [0.3, 0.4) is 0 Å². The number of benzene rings is 2. The van der Waals surface area contributed by atoms with E-state index in [0.29, 0.717) is 41.7 Å². The Morgan fingerprint density at radius 2 is 1.90 bits per heavy atom. The first-order valence-electron chi connectivity index (χ1n) is 14.7. The first-order chi connectivity index (χ1) is 19.2. The molecule has 0 bridgehead atoms. The minimum Gasteiger partial charge on any atom is -0.490 e. The largest absolute Gasteiger partial charge is 0.490 e. The number of carbonyl (C=O) groups is 2. The highest BCUT2D eigenvalue weighted by atomic mass is 19.1. The zero-order chi connectivity index (χ0) is 28.1. The number of carbonyl (C=O) groups excluding carboxylic acids is 1. The molecule has 0 radical (unpaired) electrons. The van der Waals surface area contributed by atoms with Crippen LogP contribution in [0, 0.1) is 5.82 Å². The van der Waals surface area contributed by atoms with Crippen LogP contribution in [0.4, 0.5) is 8.78 Å². The van der Waals surface area contributed by atoms with E-state index in [1.807, 2.05) is 12.1 Å². The highest BCUT2D eigenvalue weighted by molar-refractivity contribution is 5.86. The van der Waals surface area contributed by atoms with E-state index in [2.05, 4.69) is 10.6 Å². The molecule has 1 aliphatic heterocycles. The van der Waals surface area contributed by atoms with E-state index in [4.69, 9.17) is 4.74 Å². The summed E-state index contributed by atoms with van der Waals surface area (Å²) in [6.45, 7) is 1.70. The smallest absolute Gasteiger partial charge is 0.310 e. The minimum absolute atomic E-state index is 0.0624. The zero-order valence-electron chi connectivity index (χ0n) is 23.0. The Kier molecular flexibility index (Phi) is 7.09. The summed E-state index contributed by atoms with van der Waals surface area (Å²) < 4.78 is 37.1. The van der Waals surface area contributed by atoms with Crippen molar-refractivity contribution in [3.8, 4) is 16.9 Å². The average Bonchev–Trinajstić information content (AvgIpc) is 3.49. The number of hydrogen-bond donors (Lipinski definition) is 3. The third-order valence-electron chi connectivity index (χ3n) is 9.82. The second-order valence-electron chi connectivity index (χ2n) is 12.5. The number of carboxylic acids is 1. The van der Waals surface area contributed by atoms with Gasteiger partial charge < -0.3 is 20.5 Å². The topological polar surface area (TPSA) is 87.7 Å². The van der Waals surface area contributed by atoms with Crippen molar-refractivity contribution >= 4 is 11.9 Å². The van der Waals surface area contributed by atoms with Crippen molar-refractivity contribution in [2.45, 2.75) is 106 Å². The molecule has 3 saturated carbocycles. The van der Waals surface area contributed by atoms with Crippen molar-refractivity contribution in [3.05, 3.63) is 53.3 Å². The third kappa shape index (κ3) is 5.00. The number of hydrogen-bond acceptors (Lipinski definition) is 4. The standard InChI is InChI=1S/C32H38F2N2O4/c1-19(29(37)38)21-9-12-27(25(15-21)24-7-3-8-26(33)28(24)20-5-2-6-20)40-23-11-10-22(16-23)36-30(39)32(34)17-31(35-18-32)13-4-14-31/h3,7-9,12,15,19-20,22-23,35H,2,4-6,10-11,13-14,16-18H2,1H3,(H,36,39)(H,37,38)/t19-,22-,23-,32-/m1/s1. The molecule has 1 spiro atoms. The minimum atomic E-state index is -1.88. The molecular formula is C32H38F2N2O4. The van der Waals surface area contributed by atoms with Crippen molar-refractivity contribution in [3.63, 3.8) is 0 Å². The molecule has 4 fully saturated rings. The van der Waals surface area contributed by atoms with E-state index in [1.54, 1.807) is 25.1 Å². The summed E-state index contributed by atoms with van der Waals surface area (Å²) in [7, 11) is 0. The van der Waals surface area contributed by atoms with Gasteiger partial charge in [-0.05, 0) is 92.7 Å². The van der Waals surface area contributed by atoms with Gasteiger partial charge in [-0.15, -0.1) is 0 Å². The molecule has 3 aliphatic carbocycles. The van der Waals surface area contributed by atoms with Crippen LogP contribution in [-0.4, -0.2) is 46.9 Å². The lowest BCUT2D eigenvalue weighted by Crippen LogP contribution is -2.49. The van der Waals surface area contributed by atoms with Gasteiger partial charge in [0.25, 0.3) is 5.91 Å². The molecule has 4 aliphatic rings. The SMILES string of the molecule is C[C@@H](C(=O)O)c1ccc(O[C@@H]2CC[C@@H](NC(=O)[C@]3(F)CNC4(CCC4)C3)C2)c(-c2cccc(F)c2C2CCC2)c1. The number of nitrogens with one attached hydrogen (secondary N) is 2. The maximum Gasteiger partial charge on any atom is 0.310 e. The van der Waals surface area contributed by atoms with E-state index >= 15 is 8.78 Å². The summed E-state index contributed by atoms with van der Waals surface area (Å²) in [5.74, 6) is -1.74. The molecule has 3 N–H and O–H groups in total. The van der Waals surface area contributed by atoms with E-state index in [1.165, 1.54) is 6.07 Å². The fourth-order valence-electron chi connectivity index (χ4n) is 6.94. The van der Waals surface area contributed by atoms with Gasteiger partial charge in [0.05, 0.1) is 5.92 Å². The lowest BCUT2D eigenvalue weighted by atomic mass is 9.74. The van der Waals surface area contributed by atoms with Gasteiger partial charge in [-0.3, -0.25) is 9.59 Å². The van der Waals surface area contributed by atoms with Crippen LogP contribution < -0.4 is 15.4 Å². The summed E-state index contributed by atoms with van der Waals surface area (Å²) in [5, 5.41) is 15.8. The highest BCUT2D eigenvalue weighted by Gasteiger charge is 2.55. The third-order valence-corrected chi connectivity index (χ3v) is 9.82. The van der Waals surface area contributed by atoms with Gasteiger partial charge in [0, 0.05) is 36.5 Å². The fourth-order valence-corrected chi connectivity index (χ4v) is 6.94. The van der Waals surface area contributed by atoms with Crippen molar-refractivity contribution in [2.75, 3.05) is 6.54 Å². The molecule has 6 nitrogen and oxygen atoms in total. The Morgan fingerprint density at radius 1 is 1.10 bits per heavy atom. The Hall–Kier alpha value is -3.00. The van der Waals surface area contributed by atoms with Crippen LogP contribution in [-0.2, 0) is 9.59 Å². The van der Waals surface area contributed by atoms with Crippen molar-refractivity contribution in [1.82, 2.24) is 10.6 Å². The monoisotopic (exact) mass is 552 g/mol. The number of aliphatic carboxylic acids is 1. The number of carboxylic acid groups (broad SMARTS) is 1. The number of ether oxygens (including phenoxy) is 1. The molecule has 40 heavy (non-hydrogen) atoms. The number of alkyl halides is 1. The van der Waals surface area contributed by atoms with Crippen LogP contribution in [0.2, 0.25) is 0 Å². The summed E-state index contributed by atoms with van der Waals surface area (Å²) in [6, 6.07) is 10.2. The van der Waals surface area contributed by atoms with Crippen LogP contribution in [0.1, 0.15) is 94.1 Å². The Morgan fingerprint density at radius 3 is 2.55 bits per heavy atom. The second-order valence-corrected chi connectivity index (χ2v) is 12.5. The van der Waals surface area contributed by atoms with E-state index < -0.39 is 23.5 Å². The summed E-state index contributed by atoms with van der Waals surface area (Å²) in [5.41, 5.74) is 0.628. The first kappa shape index (κ1) is 27.2. The Labute approximate surface area is 233 Å². The molecule has 1 amide bonds. The van der Waals surface area contributed by atoms with Gasteiger partial charge in [0.1, 0.15) is 17.7 Å². The van der Waals surface area contributed by atoms with Gasteiger partial charge in [-0.1, -0.05) is 24.6 Å². The summed E-state index contributed by atoms with van der Waals surface area (Å²) in [6.07, 6.45) is 7.77. The van der Waals surface area contributed by atoms with E-state index in [0.717, 1.165) is 44.1 Å². The van der Waals surface area contributed by atoms with Crippen molar-refractivity contribution < 1.29 is 28.2 Å². The maximum atomic E-state index is 15.5. The molecule has 2 aromatic rings. The van der Waals surface area contributed by atoms with Gasteiger partial charge in [0.2, 0.25) is 5.67 Å². The van der Waals surface area contributed by atoms with E-state index in [-0.39, 0.29) is 42.4 Å². The molecule has 1 saturated heterocycles.